The zero-order valence-corrected chi connectivity index (χ0v) is 15.2. The number of hydrogen-bond acceptors (Lipinski definition) is 4. The lowest BCUT2D eigenvalue weighted by Crippen LogP contribution is -2.27. The van der Waals surface area contributed by atoms with Crippen molar-refractivity contribution in [3.63, 3.8) is 0 Å². The maximum atomic E-state index is 13.0. The van der Waals surface area contributed by atoms with Gasteiger partial charge in [0.25, 0.3) is 0 Å². The molecule has 144 valence electrons. The van der Waals surface area contributed by atoms with Crippen molar-refractivity contribution in [2.24, 2.45) is 0 Å². The number of nitrogens with zero attached hydrogens (tertiary/aromatic N) is 3. The Morgan fingerprint density at radius 2 is 1.96 bits per heavy atom. The molecule has 0 spiro atoms. The number of fused-ring (bicyclic) bond motifs is 1. The van der Waals surface area contributed by atoms with Crippen LogP contribution in [0.4, 0.5) is 13.2 Å². The van der Waals surface area contributed by atoms with Gasteiger partial charge in [0.2, 0.25) is 10.0 Å². The van der Waals surface area contributed by atoms with Gasteiger partial charge in [-0.2, -0.15) is 18.3 Å². The first kappa shape index (κ1) is 19.3. The minimum Gasteiger partial charge on any atom is -0.237 e. The summed E-state index contributed by atoms with van der Waals surface area (Å²) in [7, 11) is -4.26. The summed E-state index contributed by atoms with van der Waals surface area (Å²) in [4.78, 5) is 3.48. The number of halogens is 3. The average molecular weight is 398 g/mol. The fraction of sp³-hybridized carbons (Fsp3) is 0.294. The van der Waals surface area contributed by atoms with Crippen molar-refractivity contribution in [3.8, 4) is 0 Å². The maximum absolute atomic E-state index is 13.0. The highest BCUT2D eigenvalue weighted by molar-refractivity contribution is 7.89. The minimum absolute atomic E-state index is 0.00466. The number of hydrogen-bond donors (Lipinski definition) is 1. The molecule has 0 saturated carbocycles. The van der Waals surface area contributed by atoms with Crippen LogP contribution in [0.5, 0.6) is 0 Å². The number of rotatable bonds is 6. The molecule has 0 aliphatic rings. The van der Waals surface area contributed by atoms with E-state index in [0.717, 1.165) is 29.5 Å². The zero-order chi connectivity index (χ0) is 19.7. The first-order valence-electron chi connectivity index (χ1n) is 8.13. The van der Waals surface area contributed by atoms with E-state index in [-0.39, 0.29) is 6.54 Å². The van der Waals surface area contributed by atoms with E-state index in [9.17, 15) is 21.6 Å². The Kier molecular flexibility index (Phi) is 5.20. The lowest BCUT2D eigenvalue weighted by Gasteiger charge is -2.13. The van der Waals surface area contributed by atoms with Crippen LogP contribution in [0.2, 0.25) is 0 Å². The monoisotopic (exact) mass is 398 g/mol. The molecule has 2 aromatic heterocycles. The molecular formula is C17H17F3N4O2S. The Morgan fingerprint density at radius 1 is 1.22 bits per heavy atom. The molecule has 6 nitrogen and oxygen atoms in total. The number of alkyl halides is 3. The normalized spacial score (nSPS) is 12.6. The molecule has 3 rings (SSSR count). The van der Waals surface area contributed by atoms with E-state index < -0.39 is 26.7 Å². The molecule has 0 fully saturated rings. The van der Waals surface area contributed by atoms with Gasteiger partial charge in [-0.3, -0.25) is 0 Å². The molecular weight excluding hydrogens is 381 g/mol. The summed E-state index contributed by atoms with van der Waals surface area (Å²) < 4.78 is 67.4. The van der Waals surface area contributed by atoms with Gasteiger partial charge in [-0.15, -0.1) is 0 Å². The van der Waals surface area contributed by atoms with Gasteiger partial charge >= 0.3 is 6.18 Å². The van der Waals surface area contributed by atoms with Gasteiger partial charge in [-0.25, -0.2) is 22.6 Å². The summed E-state index contributed by atoms with van der Waals surface area (Å²) in [5.74, 6) is 0. The highest BCUT2D eigenvalue weighted by Gasteiger charge is 2.36. The average Bonchev–Trinajstić information content (AvgIpc) is 2.97. The molecule has 0 aliphatic heterocycles. The van der Waals surface area contributed by atoms with E-state index in [2.05, 4.69) is 14.8 Å². The Bertz CT molecular complexity index is 1060. The lowest BCUT2D eigenvalue weighted by atomic mass is 10.2. The van der Waals surface area contributed by atoms with Crippen molar-refractivity contribution in [1.82, 2.24) is 19.3 Å². The summed E-state index contributed by atoms with van der Waals surface area (Å²) >= 11 is 0. The van der Waals surface area contributed by atoms with Crippen LogP contribution in [0, 0.1) is 6.92 Å². The molecule has 10 heteroatoms. The van der Waals surface area contributed by atoms with Gasteiger partial charge in [0, 0.05) is 25.0 Å². The lowest BCUT2D eigenvalue weighted by molar-refractivity contribution is -0.139. The van der Waals surface area contributed by atoms with E-state index in [0.29, 0.717) is 18.5 Å². The Labute approximate surface area is 154 Å². The second kappa shape index (κ2) is 7.28. The van der Waals surface area contributed by atoms with E-state index in [4.69, 9.17) is 0 Å². The van der Waals surface area contributed by atoms with E-state index >= 15 is 0 Å². The molecule has 0 unspecified atom stereocenters. The predicted molar refractivity (Wildman–Crippen MR) is 92.7 cm³/mol. The largest absolute Gasteiger partial charge is 0.417 e. The molecule has 0 radical (unpaired) electrons. The van der Waals surface area contributed by atoms with Crippen LogP contribution in [0.3, 0.4) is 0 Å². The van der Waals surface area contributed by atoms with Crippen molar-refractivity contribution in [3.05, 3.63) is 59.5 Å². The topological polar surface area (TPSA) is 76.4 Å². The molecule has 27 heavy (non-hydrogen) atoms. The summed E-state index contributed by atoms with van der Waals surface area (Å²) in [6, 6.07) is 5.94. The molecule has 0 bridgehead atoms. The molecule has 0 aliphatic carbocycles. The van der Waals surface area contributed by atoms with Gasteiger partial charge < -0.3 is 0 Å². The van der Waals surface area contributed by atoms with Crippen LogP contribution >= 0.6 is 0 Å². The highest BCUT2D eigenvalue weighted by Crippen LogP contribution is 2.33. The second-order valence-electron chi connectivity index (χ2n) is 6.05. The summed E-state index contributed by atoms with van der Waals surface area (Å²) in [5, 5.41) is 4.25. The molecule has 3 aromatic rings. The number of aryl methyl sites for hydroxylation is 2. The van der Waals surface area contributed by atoms with Crippen molar-refractivity contribution >= 4 is 15.7 Å². The van der Waals surface area contributed by atoms with Crippen LogP contribution in [0.1, 0.15) is 23.2 Å². The van der Waals surface area contributed by atoms with Crippen LogP contribution in [-0.4, -0.2) is 29.6 Å². The standard InChI is InChI=1S/C17H17F3N4O2S/c1-12-9-16-21-10-13(11-24(16)23-12)5-4-8-22-27(25,26)15-7-3-2-6-14(15)17(18,19)20/h2-3,6-7,9-11,22H,4-5,8H2,1H3. The van der Waals surface area contributed by atoms with Crippen LogP contribution in [-0.2, 0) is 22.6 Å². The SMILES string of the molecule is Cc1cc2ncc(CCCNS(=O)(=O)c3ccccc3C(F)(F)F)cn2n1. The van der Waals surface area contributed by atoms with Crippen LogP contribution < -0.4 is 4.72 Å². The van der Waals surface area contributed by atoms with Gasteiger partial charge in [0.1, 0.15) is 0 Å². The Morgan fingerprint density at radius 3 is 2.70 bits per heavy atom. The first-order chi connectivity index (χ1) is 12.7. The number of benzene rings is 1. The number of aromatic nitrogens is 3. The van der Waals surface area contributed by atoms with E-state index in [1.807, 2.05) is 13.0 Å². The fourth-order valence-electron chi connectivity index (χ4n) is 2.67. The summed E-state index contributed by atoms with van der Waals surface area (Å²) in [6.45, 7) is 1.85. The smallest absolute Gasteiger partial charge is 0.237 e. The fourth-order valence-corrected chi connectivity index (χ4v) is 3.97. The van der Waals surface area contributed by atoms with Gasteiger partial charge in [0.05, 0.1) is 16.2 Å². The van der Waals surface area contributed by atoms with Crippen molar-refractivity contribution in [2.45, 2.75) is 30.8 Å². The van der Waals surface area contributed by atoms with Crippen molar-refractivity contribution in [2.75, 3.05) is 6.54 Å². The third-order valence-electron chi connectivity index (χ3n) is 3.91. The molecule has 1 N–H and O–H groups in total. The molecule has 0 amide bonds. The number of nitrogens with one attached hydrogen (secondary N) is 1. The molecule has 2 heterocycles. The highest BCUT2D eigenvalue weighted by atomic mass is 32.2. The van der Waals surface area contributed by atoms with Crippen LogP contribution in [0.25, 0.3) is 5.65 Å². The quantitative estimate of drug-likeness (QED) is 0.648. The van der Waals surface area contributed by atoms with Gasteiger partial charge in [-0.1, -0.05) is 12.1 Å². The van der Waals surface area contributed by atoms with Gasteiger partial charge in [-0.05, 0) is 37.5 Å². The minimum atomic E-state index is -4.74. The second-order valence-corrected chi connectivity index (χ2v) is 7.78. The zero-order valence-electron chi connectivity index (χ0n) is 14.4. The Hall–Kier alpha value is -2.46. The molecule has 0 saturated heterocycles. The Balaban J connectivity index is 1.64. The van der Waals surface area contributed by atoms with Crippen molar-refractivity contribution < 1.29 is 21.6 Å². The van der Waals surface area contributed by atoms with Crippen LogP contribution in [0.15, 0.2) is 47.6 Å². The third-order valence-corrected chi connectivity index (χ3v) is 5.42. The predicted octanol–water partition coefficient (Wildman–Crippen LogP) is 2.97. The van der Waals surface area contributed by atoms with E-state index in [1.165, 1.54) is 6.07 Å². The maximum Gasteiger partial charge on any atom is 0.417 e. The molecule has 0 atom stereocenters. The first-order valence-corrected chi connectivity index (χ1v) is 9.62. The third kappa shape index (κ3) is 4.45. The molecule has 1 aromatic carbocycles. The van der Waals surface area contributed by atoms with Gasteiger partial charge in [0.15, 0.2) is 5.65 Å². The van der Waals surface area contributed by atoms with Crippen molar-refractivity contribution in [1.29, 1.82) is 0 Å². The van der Waals surface area contributed by atoms with E-state index in [1.54, 1.807) is 16.9 Å². The summed E-state index contributed by atoms with van der Waals surface area (Å²) in [6.07, 6.45) is -0.368. The number of sulfonamides is 1. The summed E-state index contributed by atoms with van der Waals surface area (Å²) in [5.41, 5.74) is 1.21.